The van der Waals surface area contributed by atoms with E-state index in [9.17, 15) is 9.59 Å². The van der Waals surface area contributed by atoms with Gasteiger partial charge >= 0.3 is 6.03 Å². The molecule has 0 atom stereocenters. The normalized spacial score (nSPS) is 10.6. The van der Waals surface area contributed by atoms with Crippen LogP contribution in [0, 0.1) is 27.7 Å². The van der Waals surface area contributed by atoms with E-state index in [4.69, 9.17) is 5.73 Å². The highest BCUT2D eigenvalue weighted by molar-refractivity contribution is 5.93. The number of rotatable bonds is 5. The van der Waals surface area contributed by atoms with E-state index in [1.165, 1.54) is 0 Å². The fourth-order valence-corrected chi connectivity index (χ4v) is 3.07. The molecule has 0 saturated carbocycles. The number of hydrogen-bond acceptors (Lipinski definition) is 5. The van der Waals surface area contributed by atoms with Gasteiger partial charge in [0.25, 0.3) is 5.95 Å². The van der Waals surface area contributed by atoms with Crippen molar-refractivity contribution in [3.8, 4) is 5.95 Å². The van der Waals surface area contributed by atoms with Gasteiger partial charge in [-0.2, -0.15) is 5.10 Å². The number of carbonyl (C=O) groups is 2. The van der Waals surface area contributed by atoms with E-state index < -0.39 is 6.03 Å². The maximum atomic E-state index is 12.5. The van der Waals surface area contributed by atoms with E-state index in [2.05, 4.69) is 25.7 Å². The molecule has 2 heterocycles. The Balaban J connectivity index is 1.75. The number of nitrogens with one attached hydrogen (secondary N) is 2. The Hall–Kier alpha value is -3.75. The quantitative estimate of drug-likeness (QED) is 0.614. The smallest absolute Gasteiger partial charge is 0.316 e. The summed E-state index contributed by atoms with van der Waals surface area (Å²) in [5.74, 6) is 0.319. The molecule has 0 aliphatic heterocycles. The maximum absolute atomic E-state index is 12.5. The van der Waals surface area contributed by atoms with Crippen molar-refractivity contribution in [3.05, 3.63) is 58.7 Å². The SMILES string of the molecule is Cc1cc(C)nc(-n2nc(C)c(CC(=O)Nc3ccc(NC(N)=O)cc3)c2C)n1. The minimum absolute atomic E-state index is 0.170. The van der Waals surface area contributed by atoms with Gasteiger partial charge < -0.3 is 16.4 Å². The van der Waals surface area contributed by atoms with Gasteiger partial charge in [0.05, 0.1) is 12.1 Å². The third-order valence-corrected chi connectivity index (χ3v) is 4.37. The Bertz CT molecular complexity index is 1050. The molecule has 2 aromatic heterocycles. The van der Waals surface area contributed by atoms with Gasteiger partial charge in [0.1, 0.15) is 0 Å². The first kappa shape index (κ1) is 20.0. The first-order valence-electron chi connectivity index (χ1n) is 9.07. The molecule has 0 radical (unpaired) electrons. The molecule has 29 heavy (non-hydrogen) atoms. The van der Waals surface area contributed by atoms with Crippen LogP contribution in [0.1, 0.15) is 28.3 Å². The number of carbonyl (C=O) groups excluding carboxylic acids is 2. The van der Waals surface area contributed by atoms with E-state index in [1.54, 1.807) is 28.9 Å². The second kappa shape index (κ2) is 8.09. The van der Waals surface area contributed by atoms with Crippen LogP contribution in [0.5, 0.6) is 0 Å². The van der Waals surface area contributed by atoms with Gasteiger partial charge in [-0.15, -0.1) is 0 Å². The number of urea groups is 1. The number of amides is 3. The standard InChI is InChI=1S/C20H23N7O2/c1-11-9-12(2)23-20(22-11)27-14(4)17(13(3)26-27)10-18(28)24-15-5-7-16(8-6-15)25-19(21)29/h5-9H,10H2,1-4H3,(H,24,28)(H3,21,25,29). The number of aryl methyl sites for hydroxylation is 3. The molecule has 0 saturated heterocycles. The summed E-state index contributed by atoms with van der Waals surface area (Å²) >= 11 is 0. The Morgan fingerprint density at radius 1 is 0.966 bits per heavy atom. The molecule has 0 aliphatic carbocycles. The lowest BCUT2D eigenvalue weighted by Crippen LogP contribution is -2.19. The van der Waals surface area contributed by atoms with Crippen LogP contribution >= 0.6 is 0 Å². The first-order chi connectivity index (χ1) is 13.7. The van der Waals surface area contributed by atoms with Crippen molar-refractivity contribution in [3.63, 3.8) is 0 Å². The van der Waals surface area contributed by atoms with Crippen LogP contribution in [0.3, 0.4) is 0 Å². The Morgan fingerprint density at radius 3 is 2.07 bits per heavy atom. The van der Waals surface area contributed by atoms with Crippen molar-refractivity contribution in [1.29, 1.82) is 0 Å². The minimum Gasteiger partial charge on any atom is -0.351 e. The van der Waals surface area contributed by atoms with Crippen LogP contribution < -0.4 is 16.4 Å². The third kappa shape index (κ3) is 4.75. The summed E-state index contributed by atoms with van der Waals surface area (Å²) in [4.78, 5) is 32.3. The van der Waals surface area contributed by atoms with Crippen LogP contribution in [0.4, 0.5) is 16.2 Å². The van der Waals surface area contributed by atoms with Crippen molar-refractivity contribution in [2.45, 2.75) is 34.1 Å². The highest BCUT2D eigenvalue weighted by Crippen LogP contribution is 2.19. The summed E-state index contributed by atoms with van der Waals surface area (Å²) in [5, 5.41) is 9.83. The van der Waals surface area contributed by atoms with Gasteiger partial charge in [-0.1, -0.05) is 0 Å². The monoisotopic (exact) mass is 393 g/mol. The summed E-state index contributed by atoms with van der Waals surface area (Å²) in [7, 11) is 0. The van der Waals surface area contributed by atoms with Crippen LogP contribution in [0.2, 0.25) is 0 Å². The molecule has 3 amide bonds. The lowest BCUT2D eigenvalue weighted by Gasteiger charge is -2.08. The topological polar surface area (TPSA) is 128 Å². The predicted octanol–water partition coefficient (Wildman–Crippen LogP) is 2.57. The van der Waals surface area contributed by atoms with Gasteiger partial charge in [0.15, 0.2) is 0 Å². The van der Waals surface area contributed by atoms with Crippen molar-refractivity contribution < 1.29 is 9.59 Å². The fourth-order valence-electron chi connectivity index (χ4n) is 3.07. The number of hydrogen-bond donors (Lipinski definition) is 3. The van der Waals surface area contributed by atoms with E-state index in [0.29, 0.717) is 17.3 Å². The van der Waals surface area contributed by atoms with Crippen LogP contribution in [-0.4, -0.2) is 31.7 Å². The van der Waals surface area contributed by atoms with Gasteiger partial charge in [-0.3, -0.25) is 4.79 Å². The van der Waals surface area contributed by atoms with E-state index >= 15 is 0 Å². The lowest BCUT2D eigenvalue weighted by atomic mass is 10.1. The fraction of sp³-hybridized carbons (Fsp3) is 0.250. The van der Waals surface area contributed by atoms with Crippen molar-refractivity contribution in [2.75, 3.05) is 10.6 Å². The van der Waals surface area contributed by atoms with Crippen LogP contribution in [-0.2, 0) is 11.2 Å². The zero-order valence-corrected chi connectivity index (χ0v) is 16.8. The summed E-state index contributed by atoms with van der Waals surface area (Å²) < 4.78 is 1.67. The largest absolute Gasteiger partial charge is 0.351 e. The zero-order valence-electron chi connectivity index (χ0n) is 16.8. The highest BCUT2D eigenvalue weighted by Gasteiger charge is 2.17. The van der Waals surface area contributed by atoms with Crippen molar-refractivity contribution in [2.24, 2.45) is 5.73 Å². The van der Waals surface area contributed by atoms with Crippen LogP contribution in [0.15, 0.2) is 30.3 Å². The molecule has 0 unspecified atom stereocenters. The zero-order chi connectivity index (χ0) is 21.1. The molecule has 0 aliphatic rings. The number of primary amides is 1. The Morgan fingerprint density at radius 2 is 1.52 bits per heavy atom. The molecule has 9 nitrogen and oxygen atoms in total. The molecule has 1 aromatic carbocycles. The van der Waals surface area contributed by atoms with Gasteiger partial charge in [-0.05, 0) is 58.0 Å². The third-order valence-electron chi connectivity index (χ3n) is 4.37. The molecule has 0 fully saturated rings. The van der Waals surface area contributed by atoms with Gasteiger partial charge in [-0.25, -0.2) is 19.4 Å². The maximum Gasteiger partial charge on any atom is 0.316 e. The molecule has 3 rings (SSSR count). The summed E-state index contributed by atoms with van der Waals surface area (Å²) in [6, 6.07) is 7.95. The molecular weight excluding hydrogens is 370 g/mol. The molecule has 9 heteroatoms. The highest BCUT2D eigenvalue weighted by atomic mass is 16.2. The van der Waals surface area contributed by atoms with Gasteiger partial charge in [0, 0.05) is 34.0 Å². The van der Waals surface area contributed by atoms with Gasteiger partial charge in [0.2, 0.25) is 5.91 Å². The summed E-state index contributed by atoms with van der Waals surface area (Å²) in [5.41, 5.74) is 10.4. The summed E-state index contributed by atoms with van der Waals surface area (Å²) in [6.07, 6.45) is 0.170. The van der Waals surface area contributed by atoms with Crippen molar-refractivity contribution >= 4 is 23.3 Å². The molecule has 0 bridgehead atoms. The molecule has 150 valence electrons. The second-order valence-electron chi connectivity index (χ2n) is 6.80. The number of nitrogens with zero attached hydrogens (tertiary/aromatic N) is 4. The lowest BCUT2D eigenvalue weighted by molar-refractivity contribution is -0.115. The molecule has 3 aromatic rings. The number of aromatic nitrogens is 4. The van der Waals surface area contributed by atoms with E-state index in [1.807, 2.05) is 33.8 Å². The van der Waals surface area contributed by atoms with Crippen LogP contribution in [0.25, 0.3) is 5.95 Å². The number of anilines is 2. The Kier molecular flexibility index (Phi) is 5.58. The minimum atomic E-state index is -0.641. The number of benzene rings is 1. The van der Waals surface area contributed by atoms with Crippen molar-refractivity contribution in [1.82, 2.24) is 19.7 Å². The molecular formula is C20H23N7O2. The Labute approximate surface area is 168 Å². The second-order valence-corrected chi connectivity index (χ2v) is 6.80. The van der Waals surface area contributed by atoms with E-state index in [0.717, 1.165) is 28.3 Å². The number of nitrogens with two attached hydrogens (primary N) is 1. The molecule has 4 N–H and O–H groups in total. The van der Waals surface area contributed by atoms with E-state index in [-0.39, 0.29) is 12.3 Å². The average Bonchev–Trinajstić information content (AvgIpc) is 2.90. The molecule has 0 spiro atoms. The predicted molar refractivity (Wildman–Crippen MR) is 110 cm³/mol. The average molecular weight is 393 g/mol. The summed E-state index contributed by atoms with van der Waals surface area (Å²) in [6.45, 7) is 7.57. The first-order valence-corrected chi connectivity index (χ1v) is 9.07.